The van der Waals surface area contributed by atoms with Crippen LogP contribution in [-0.4, -0.2) is 26.2 Å². The van der Waals surface area contributed by atoms with Crippen LogP contribution in [0.1, 0.15) is 15.9 Å². The van der Waals surface area contributed by atoms with Crippen molar-refractivity contribution in [1.29, 1.82) is 0 Å². The van der Waals surface area contributed by atoms with Crippen LogP contribution in [0.5, 0.6) is 11.5 Å². The average Bonchev–Trinajstić information content (AvgIpc) is 2.60. The van der Waals surface area contributed by atoms with E-state index < -0.39 is 50.9 Å². The standard InChI is InChI=1S/C16H15F3N6O4S/c17-16(18,19)11-7-8(13(26)24-14(20)21)1-6-12(11)29-9-2-4-10(5-3-9)30(27,28)25-15(22)23/h1-7H,(H4,22,23,25)(H4,20,21,24,26). The molecule has 14 heteroatoms. The van der Waals surface area contributed by atoms with Crippen LogP contribution in [0.2, 0.25) is 0 Å². The van der Waals surface area contributed by atoms with Gasteiger partial charge in [-0.1, -0.05) is 0 Å². The van der Waals surface area contributed by atoms with Crippen LogP contribution in [0, 0.1) is 0 Å². The number of sulfonamides is 1. The molecule has 0 aromatic heterocycles. The minimum atomic E-state index is -4.87. The van der Waals surface area contributed by atoms with Crippen LogP contribution in [0.25, 0.3) is 0 Å². The molecule has 0 fully saturated rings. The molecular weight excluding hydrogens is 429 g/mol. The Morgan fingerprint density at radius 2 is 1.53 bits per heavy atom. The van der Waals surface area contributed by atoms with Crippen LogP contribution in [0.4, 0.5) is 13.2 Å². The molecule has 1 amide bonds. The number of guanidine groups is 2. The van der Waals surface area contributed by atoms with E-state index in [-0.39, 0.29) is 10.6 Å². The van der Waals surface area contributed by atoms with E-state index in [1.165, 1.54) is 0 Å². The third kappa shape index (κ3) is 5.60. The van der Waals surface area contributed by atoms with Gasteiger partial charge in [-0.15, -0.1) is 4.40 Å². The molecule has 2 aromatic rings. The molecule has 0 heterocycles. The topological polar surface area (TPSA) is 189 Å². The van der Waals surface area contributed by atoms with E-state index >= 15 is 0 Å². The van der Waals surface area contributed by atoms with Gasteiger partial charge in [-0.25, -0.2) is 0 Å². The van der Waals surface area contributed by atoms with Crippen molar-refractivity contribution < 1.29 is 31.1 Å². The van der Waals surface area contributed by atoms with Gasteiger partial charge in [-0.2, -0.15) is 26.6 Å². The zero-order valence-corrected chi connectivity index (χ0v) is 15.7. The van der Waals surface area contributed by atoms with Crippen molar-refractivity contribution in [3.8, 4) is 11.5 Å². The van der Waals surface area contributed by atoms with Gasteiger partial charge in [0.25, 0.3) is 15.9 Å². The monoisotopic (exact) mass is 444 g/mol. The lowest BCUT2D eigenvalue weighted by Gasteiger charge is -2.14. The maximum atomic E-state index is 13.4. The molecule has 0 spiro atoms. The normalized spacial score (nSPS) is 11.4. The van der Waals surface area contributed by atoms with Gasteiger partial charge in [0.15, 0.2) is 5.96 Å². The van der Waals surface area contributed by atoms with Crippen LogP contribution < -0.4 is 27.7 Å². The number of aliphatic imine (C=N–C) groups is 1. The zero-order valence-electron chi connectivity index (χ0n) is 14.9. The van der Waals surface area contributed by atoms with Gasteiger partial charge >= 0.3 is 6.18 Å². The highest BCUT2D eigenvalue weighted by Gasteiger charge is 2.35. The predicted octanol–water partition coefficient (Wildman–Crippen LogP) is 0.873. The smallest absolute Gasteiger partial charge is 0.420 e. The number of ether oxygens (including phenoxy) is 1. The average molecular weight is 444 g/mol. The first-order chi connectivity index (χ1) is 13.8. The van der Waals surface area contributed by atoms with Gasteiger partial charge < -0.3 is 27.7 Å². The van der Waals surface area contributed by atoms with Crippen LogP contribution in [0.3, 0.4) is 0 Å². The van der Waals surface area contributed by atoms with E-state index in [0.717, 1.165) is 36.4 Å². The molecule has 0 saturated heterocycles. The quantitative estimate of drug-likeness (QED) is 0.386. The van der Waals surface area contributed by atoms with E-state index in [2.05, 4.69) is 9.39 Å². The van der Waals surface area contributed by atoms with Crippen molar-refractivity contribution >= 4 is 27.8 Å². The molecule has 10 nitrogen and oxygen atoms in total. The summed E-state index contributed by atoms with van der Waals surface area (Å²) in [7, 11) is -4.17. The number of carbonyl (C=O) groups excluding carboxylic acids is 1. The van der Waals surface area contributed by atoms with Crippen molar-refractivity contribution in [2.24, 2.45) is 32.3 Å². The Labute approximate surface area is 168 Å². The Hall–Kier alpha value is -3.81. The van der Waals surface area contributed by atoms with E-state index in [1.807, 2.05) is 0 Å². The molecular formula is C16H15F3N6O4S. The maximum absolute atomic E-state index is 13.4. The van der Waals surface area contributed by atoms with Gasteiger partial charge in [0.2, 0.25) is 5.96 Å². The fraction of sp³-hybridized carbons (Fsp3) is 0.0625. The molecule has 0 aliphatic rings. The Morgan fingerprint density at radius 3 is 2.03 bits per heavy atom. The minimum Gasteiger partial charge on any atom is -0.457 e. The number of alkyl halides is 3. The Kier molecular flexibility index (Phi) is 6.20. The summed E-state index contributed by atoms with van der Waals surface area (Å²) in [5.41, 5.74) is 18.5. The molecule has 8 N–H and O–H groups in total. The molecule has 30 heavy (non-hydrogen) atoms. The Morgan fingerprint density at radius 1 is 0.933 bits per heavy atom. The van der Waals surface area contributed by atoms with Gasteiger partial charge in [0.1, 0.15) is 11.5 Å². The number of hydrogen-bond donors (Lipinski definition) is 4. The van der Waals surface area contributed by atoms with Gasteiger partial charge in [-0.3, -0.25) is 4.79 Å². The highest BCUT2D eigenvalue weighted by Crippen LogP contribution is 2.39. The molecule has 2 rings (SSSR count). The number of carbonyl (C=O) groups is 1. The number of hydrogen-bond acceptors (Lipinski definition) is 4. The first kappa shape index (κ1) is 22.5. The maximum Gasteiger partial charge on any atom is 0.420 e. The molecule has 0 aliphatic heterocycles. The summed E-state index contributed by atoms with van der Waals surface area (Å²) in [6, 6.07) is 6.77. The van der Waals surface area contributed by atoms with Crippen molar-refractivity contribution in [1.82, 2.24) is 0 Å². The van der Waals surface area contributed by atoms with E-state index in [9.17, 15) is 26.4 Å². The molecule has 0 radical (unpaired) electrons. The molecule has 0 aliphatic carbocycles. The highest BCUT2D eigenvalue weighted by atomic mass is 32.2. The summed E-state index contributed by atoms with van der Waals surface area (Å²) in [5.74, 6) is -3.11. The molecule has 0 bridgehead atoms. The second kappa shape index (κ2) is 8.28. The number of nitrogens with zero attached hydrogens (tertiary/aromatic N) is 2. The lowest BCUT2D eigenvalue weighted by atomic mass is 10.1. The molecule has 160 valence electrons. The second-order valence-corrected chi connectivity index (χ2v) is 7.22. The summed E-state index contributed by atoms with van der Waals surface area (Å²) in [6.07, 6.45) is -4.87. The predicted molar refractivity (Wildman–Crippen MR) is 101 cm³/mol. The van der Waals surface area contributed by atoms with E-state index in [0.29, 0.717) is 6.07 Å². The van der Waals surface area contributed by atoms with Crippen molar-refractivity contribution in [3.05, 3.63) is 53.6 Å². The van der Waals surface area contributed by atoms with E-state index in [1.54, 1.807) is 0 Å². The first-order valence-corrected chi connectivity index (χ1v) is 9.22. The fourth-order valence-electron chi connectivity index (χ4n) is 2.15. The summed E-state index contributed by atoms with van der Waals surface area (Å²) >= 11 is 0. The molecule has 0 unspecified atom stereocenters. The van der Waals surface area contributed by atoms with Crippen molar-refractivity contribution in [2.75, 3.05) is 0 Å². The highest BCUT2D eigenvalue weighted by molar-refractivity contribution is 7.90. The lowest BCUT2D eigenvalue weighted by molar-refractivity contribution is -0.138. The Balaban J connectivity index is 2.39. The van der Waals surface area contributed by atoms with Crippen LogP contribution in [0.15, 0.2) is 56.8 Å². The zero-order chi connectivity index (χ0) is 22.7. The number of halogens is 3. The second-order valence-electron chi connectivity index (χ2n) is 5.62. The summed E-state index contributed by atoms with van der Waals surface area (Å²) in [4.78, 5) is 14.6. The first-order valence-electron chi connectivity index (χ1n) is 7.78. The molecule has 0 saturated carbocycles. The number of nitrogens with two attached hydrogens (primary N) is 4. The minimum absolute atomic E-state index is 0.118. The van der Waals surface area contributed by atoms with Gasteiger partial charge in [0.05, 0.1) is 10.5 Å². The number of rotatable bonds is 5. The lowest BCUT2D eigenvalue weighted by Crippen LogP contribution is -2.24. The van der Waals surface area contributed by atoms with Gasteiger partial charge in [0, 0.05) is 5.56 Å². The SMILES string of the molecule is NC(N)=NC(=O)c1ccc(Oc2ccc(S(=O)(=O)N=C(N)N)cc2)c(C(F)(F)F)c1. The summed E-state index contributed by atoms with van der Waals surface area (Å²) in [6.45, 7) is 0. The van der Waals surface area contributed by atoms with Crippen LogP contribution >= 0.6 is 0 Å². The van der Waals surface area contributed by atoms with Gasteiger partial charge in [-0.05, 0) is 42.5 Å². The number of amides is 1. The van der Waals surface area contributed by atoms with E-state index in [4.69, 9.17) is 27.7 Å². The Bertz CT molecular complexity index is 1120. The molecule has 0 atom stereocenters. The summed E-state index contributed by atoms with van der Waals surface area (Å²) in [5, 5.41) is 0. The third-order valence-electron chi connectivity index (χ3n) is 3.34. The van der Waals surface area contributed by atoms with Crippen molar-refractivity contribution in [3.63, 3.8) is 0 Å². The number of benzene rings is 2. The van der Waals surface area contributed by atoms with Crippen molar-refractivity contribution in [2.45, 2.75) is 11.1 Å². The molecule has 2 aromatic carbocycles. The third-order valence-corrected chi connectivity index (χ3v) is 4.66. The summed E-state index contributed by atoms with van der Waals surface area (Å²) < 4.78 is 72.3. The largest absolute Gasteiger partial charge is 0.457 e. The van der Waals surface area contributed by atoms with Crippen LogP contribution in [-0.2, 0) is 16.2 Å². The fourth-order valence-corrected chi connectivity index (χ4v) is 3.02.